The molecule has 24 heavy (non-hydrogen) atoms. The highest BCUT2D eigenvalue weighted by Crippen LogP contribution is 2.27. The lowest BCUT2D eigenvalue weighted by molar-refractivity contribution is 0.427. The zero-order valence-electron chi connectivity index (χ0n) is 12.7. The van der Waals surface area contributed by atoms with Crippen LogP contribution in [0, 0.1) is 6.92 Å². The second kappa shape index (κ2) is 5.34. The molecule has 2 aromatic carbocycles. The summed E-state index contributed by atoms with van der Waals surface area (Å²) in [6.45, 7) is 1.99. The summed E-state index contributed by atoms with van der Waals surface area (Å²) in [4.78, 5) is 16.4. The lowest BCUT2D eigenvalue weighted by Crippen LogP contribution is -2.02. The first-order valence-corrected chi connectivity index (χ1v) is 7.29. The molecule has 4 aromatic rings. The number of hydrogen-bond acceptors (Lipinski definition) is 6. The van der Waals surface area contributed by atoms with E-state index in [2.05, 4.69) is 10.1 Å². The van der Waals surface area contributed by atoms with E-state index in [-0.39, 0.29) is 22.8 Å². The Morgan fingerprint density at radius 1 is 1.08 bits per heavy atom. The number of nitrogens with zero attached hydrogens (tertiary/aromatic N) is 2. The number of para-hydroxylation sites is 1. The van der Waals surface area contributed by atoms with Gasteiger partial charge in [-0.15, -0.1) is 0 Å². The molecule has 0 saturated carbocycles. The average molecular weight is 320 g/mol. The second-order valence-electron chi connectivity index (χ2n) is 5.43. The number of aromatic hydroxyl groups is 1. The van der Waals surface area contributed by atoms with Crippen molar-refractivity contribution in [3.8, 4) is 28.6 Å². The topological polar surface area (TPSA) is 89.4 Å². The molecule has 6 nitrogen and oxygen atoms in total. The van der Waals surface area contributed by atoms with E-state index in [0.29, 0.717) is 11.2 Å². The summed E-state index contributed by atoms with van der Waals surface area (Å²) >= 11 is 0. The molecule has 2 heterocycles. The highest BCUT2D eigenvalue weighted by Gasteiger charge is 2.17. The highest BCUT2D eigenvalue weighted by molar-refractivity contribution is 5.84. The van der Waals surface area contributed by atoms with E-state index in [4.69, 9.17) is 8.94 Å². The number of rotatable bonds is 2. The van der Waals surface area contributed by atoms with Gasteiger partial charge in [-0.25, -0.2) is 4.79 Å². The molecule has 0 saturated heterocycles. The van der Waals surface area contributed by atoms with Gasteiger partial charge < -0.3 is 14.0 Å². The largest absolute Gasteiger partial charge is 0.504 e. The summed E-state index contributed by atoms with van der Waals surface area (Å²) in [5.41, 5.74) is 1.54. The molecular formula is C18H12N2O4. The Kier molecular flexibility index (Phi) is 3.16. The van der Waals surface area contributed by atoms with E-state index in [1.807, 2.05) is 31.2 Å². The lowest BCUT2D eigenvalue weighted by atomic mass is 10.1. The number of phenolic OH excluding ortho intramolecular Hbond substituents is 1. The summed E-state index contributed by atoms with van der Waals surface area (Å²) in [6, 6.07) is 14.0. The Hall–Kier alpha value is -3.41. The average Bonchev–Trinajstić information content (AvgIpc) is 3.06. The Labute approximate surface area is 136 Å². The molecule has 0 fully saturated rings. The smallest absolute Gasteiger partial charge is 0.349 e. The summed E-state index contributed by atoms with van der Waals surface area (Å²) in [6.07, 6.45) is 0. The molecule has 0 unspecified atom stereocenters. The Balaban J connectivity index is 1.82. The maximum atomic E-state index is 12.2. The van der Waals surface area contributed by atoms with Crippen LogP contribution in [0.25, 0.3) is 33.8 Å². The summed E-state index contributed by atoms with van der Waals surface area (Å²) < 4.78 is 10.4. The molecule has 0 spiro atoms. The minimum absolute atomic E-state index is 0.0737. The lowest BCUT2D eigenvalue weighted by Gasteiger charge is -2.00. The van der Waals surface area contributed by atoms with Gasteiger partial charge in [0.05, 0.1) is 0 Å². The maximum Gasteiger partial charge on any atom is 0.349 e. The van der Waals surface area contributed by atoms with E-state index in [1.54, 1.807) is 18.2 Å². The monoisotopic (exact) mass is 320 g/mol. The van der Waals surface area contributed by atoms with Gasteiger partial charge in [-0.05, 0) is 19.1 Å². The summed E-state index contributed by atoms with van der Waals surface area (Å²) in [5, 5.41) is 14.2. The van der Waals surface area contributed by atoms with Gasteiger partial charge in [-0.3, -0.25) is 0 Å². The normalized spacial score (nSPS) is 11.0. The molecule has 0 bridgehead atoms. The van der Waals surface area contributed by atoms with Crippen molar-refractivity contribution in [2.75, 3.05) is 0 Å². The fraction of sp³-hybridized carbons (Fsp3) is 0.0556. The molecule has 1 N–H and O–H groups in total. The fourth-order valence-electron chi connectivity index (χ4n) is 2.43. The molecule has 0 aliphatic rings. The van der Waals surface area contributed by atoms with Crippen LogP contribution >= 0.6 is 0 Å². The van der Waals surface area contributed by atoms with E-state index in [9.17, 15) is 9.90 Å². The molecule has 0 atom stereocenters. The van der Waals surface area contributed by atoms with Crippen molar-refractivity contribution >= 4 is 11.0 Å². The van der Waals surface area contributed by atoms with Crippen LogP contribution in [-0.4, -0.2) is 15.2 Å². The molecule has 0 radical (unpaired) electrons. The van der Waals surface area contributed by atoms with E-state index < -0.39 is 5.63 Å². The third kappa shape index (κ3) is 2.34. The van der Waals surface area contributed by atoms with Crippen molar-refractivity contribution in [1.82, 2.24) is 10.1 Å². The van der Waals surface area contributed by atoms with Crippen molar-refractivity contribution < 1.29 is 14.0 Å². The number of aryl methyl sites for hydroxylation is 1. The molecule has 4 rings (SSSR count). The van der Waals surface area contributed by atoms with Crippen LogP contribution in [0.1, 0.15) is 5.56 Å². The van der Waals surface area contributed by atoms with Crippen molar-refractivity contribution in [2.45, 2.75) is 6.92 Å². The van der Waals surface area contributed by atoms with E-state index in [1.165, 1.54) is 6.07 Å². The first-order chi connectivity index (χ1) is 11.6. The number of fused-ring (bicyclic) bond motifs is 1. The van der Waals surface area contributed by atoms with Crippen LogP contribution in [0.5, 0.6) is 5.75 Å². The van der Waals surface area contributed by atoms with Crippen LogP contribution in [0.4, 0.5) is 0 Å². The van der Waals surface area contributed by atoms with Gasteiger partial charge in [0, 0.05) is 10.9 Å². The minimum atomic E-state index is -0.650. The van der Waals surface area contributed by atoms with Crippen molar-refractivity contribution in [3.05, 3.63) is 64.5 Å². The van der Waals surface area contributed by atoms with Gasteiger partial charge >= 0.3 is 5.63 Å². The zero-order chi connectivity index (χ0) is 16.7. The van der Waals surface area contributed by atoms with Gasteiger partial charge in [0.25, 0.3) is 5.89 Å². The molecule has 0 aliphatic carbocycles. The van der Waals surface area contributed by atoms with Gasteiger partial charge in [0.15, 0.2) is 11.3 Å². The fourth-order valence-corrected chi connectivity index (χ4v) is 2.43. The van der Waals surface area contributed by atoms with Crippen molar-refractivity contribution in [1.29, 1.82) is 0 Å². The first-order valence-electron chi connectivity index (χ1n) is 7.29. The van der Waals surface area contributed by atoms with Crippen LogP contribution in [-0.2, 0) is 0 Å². The predicted octanol–water partition coefficient (Wildman–Crippen LogP) is 3.52. The first kappa shape index (κ1) is 14.2. The van der Waals surface area contributed by atoms with Gasteiger partial charge in [0.2, 0.25) is 5.82 Å². The van der Waals surface area contributed by atoms with E-state index >= 15 is 0 Å². The third-order valence-corrected chi connectivity index (χ3v) is 3.71. The SMILES string of the molecule is Cc1ccc(-c2noc(-c3cc4cccc(O)c4oc3=O)n2)cc1. The van der Waals surface area contributed by atoms with Crippen molar-refractivity contribution in [3.63, 3.8) is 0 Å². The second-order valence-corrected chi connectivity index (χ2v) is 5.43. The predicted molar refractivity (Wildman–Crippen MR) is 87.6 cm³/mol. The number of hydrogen-bond donors (Lipinski definition) is 1. The standard InChI is InChI=1S/C18H12N2O4/c1-10-5-7-11(8-6-10)16-19-17(24-20-16)13-9-12-3-2-4-14(21)15(12)23-18(13)22/h2-9,21H,1H3. The van der Waals surface area contributed by atoms with Crippen molar-refractivity contribution in [2.24, 2.45) is 0 Å². The highest BCUT2D eigenvalue weighted by atomic mass is 16.5. The van der Waals surface area contributed by atoms with Gasteiger partial charge in [-0.1, -0.05) is 47.1 Å². The number of benzene rings is 2. The molecule has 118 valence electrons. The Morgan fingerprint density at radius 2 is 1.88 bits per heavy atom. The van der Waals surface area contributed by atoms with Crippen LogP contribution in [0.3, 0.4) is 0 Å². The quantitative estimate of drug-likeness (QED) is 0.568. The zero-order valence-corrected chi connectivity index (χ0v) is 12.7. The summed E-state index contributed by atoms with van der Waals surface area (Å²) in [5.74, 6) is 0.368. The third-order valence-electron chi connectivity index (χ3n) is 3.71. The maximum absolute atomic E-state index is 12.2. The number of aromatic nitrogens is 2. The summed E-state index contributed by atoms with van der Waals surface area (Å²) in [7, 11) is 0. The molecule has 2 aromatic heterocycles. The molecule has 0 amide bonds. The Bertz CT molecular complexity index is 1090. The number of phenols is 1. The Morgan fingerprint density at radius 3 is 2.67 bits per heavy atom. The van der Waals surface area contributed by atoms with Crippen LogP contribution < -0.4 is 5.63 Å². The van der Waals surface area contributed by atoms with Crippen LogP contribution in [0.2, 0.25) is 0 Å². The minimum Gasteiger partial charge on any atom is -0.504 e. The molecule has 0 aliphatic heterocycles. The van der Waals surface area contributed by atoms with E-state index in [0.717, 1.165) is 11.1 Å². The van der Waals surface area contributed by atoms with Gasteiger partial charge in [0.1, 0.15) is 5.56 Å². The van der Waals surface area contributed by atoms with Gasteiger partial charge in [-0.2, -0.15) is 4.98 Å². The molecule has 6 heteroatoms. The molecular weight excluding hydrogens is 308 g/mol. The van der Waals surface area contributed by atoms with Crippen LogP contribution in [0.15, 0.2) is 62.3 Å².